The van der Waals surface area contributed by atoms with E-state index in [0.29, 0.717) is 5.82 Å². The predicted octanol–water partition coefficient (Wildman–Crippen LogP) is 12.8. The van der Waals surface area contributed by atoms with Gasteiger partial charge in [0.2, 0.25) is 0 Å². The average molecular weight is 678 g/mol. The van der Waals surface area contributed by atoms with E-state index in [1.54, 1.807) is 0 Å². The Morgan fingerprint density at radius 2 is 1.04 bits per heavy atom. The molecule has 0 radical (unpaired) electrons. The molecule has 0 saturated heterocycles. The number of hydrogen-bond donors (Lipinski definition) is 0. The second-order valence-corrected chi connectivity index (χ2v) is 14.5. The van der Waals surface area contributed by atoms with E-state index < -0.39 is 0 Å². The highest BCUT2D eigenvalue weighted by Gasteiger charge is 2.37. The molecule has 0 unspecified atom stereocenters. The Kier molecular flexibility index (Phi) is 7.16. The fourth-order valence-corrected chi connectivity index (χ4v) is 8.16. The molecule has 0 bridgehead atoms. The summed E-state index contributed by atoms with van der Waals surface area (Å²) in [5.74, 6) is 0.695. The van der Waals surface area contributed by atoms with Crippen LogP contribution in [0.4, 0.5) is 0 Å². The minimum absolute atomic E-state index is 0.0882. The van der Waals surface area contributed by atoms with Crippen molar-refractivity contribution < 1.29 is 0 Å². The zero-order chi connectivity index (χ0) is 35.5. The van der Waals surface area contributed by atoms with E-state index >= 15 is 0 Å². The molecule has 0 saturated carbocycles. The van der Waals surface area contributed by atoms with Crippen LogP contribution in [0.3, 0.4) is 0 Å². The maximum atomic E-state index is 5.18. The van der Waals surface area contributed by atoms with Gasteiger partial charge in [0.25, 0.3) is 0 Å². The molecular formula is C50H35N3. The minimum atomic E-state index is -0.0882. The van der Waals surface area contributed by atoms with Crippen LogP contribution in [0.25, 0.3) is 89.0 Å². The third-order valence-corrected chi connectivity index (χ3v) is 10.9. The van der Waals surface area contributed by atoms with Gasteiger partial charge in [-0.2, -0.15) is 0 Å². The van der Waals surface area contributed by atoms with Gasteiger partial charge in [-0.15, -0.1) is 0 Å². The third-order valence-electron chi connectivity index (χ3n) is 10.9. The molecule has 0 spiro atoms. The van der Waals surface area contributed by atoms with Gasteiger partial charge < -0.3 is 0 Å². The zero-order valence-electron chi connectivity index (χ0n) is 29.6. The van der Waals surface area contributed by atoms with Crippen LogP contribution in [0.1, 0.15) is 25.0 Å². The topological polar surface area (TPSA) is 38.7 Å². The Morgan fingerprint density at radius 1 is 0.396 bits per heavy atom. The number of benzene rings is 7. The zero-order valence-corrected chi connectivity index (χ0v) is 29.6. The fraction of sp³-hybridized carbons (Fsp3) is 0.0600. The van der Waals surface area contributed by atoms with Crippen molar-refractivity contribution in [3.05, 3.63) is 187 Å². The number of aromatic nitrogens is 3. The number of fused-ring (bicyclic) bond motifs is 5. The second kappa shape index (κ2) is 12.2. The van der Waals surface area contributed by atoms with E-state index in [9.17, 15) is 0 Å². The van der Waals surface area contributed by atoms with Gasteiger partial charge in [0, 0.05) is 39.3 Å². The molecule has 2 aromatic heterocycles. The van der Waals surface area contributed by atoms with Crippen molar-refractivity contribution in [3.63, 3.8) is 0 Å². The number of rotatable bonds is 5. The monoisotopic (exact) mass is 677 g/mol. The molecule has 0 amide bonds. The summed E-state index contributed by atoms with van der Waals surface area (Å²) in [4.78, 5) is 15.1. The highest BCUT2D eigenvalue weighted by molar-refractivity contribution is 5.99. The van der Waals surface area contributed by atoms with E-state index in [0.717, 1.165) is 50.1 Å². The van der Waals surface area contributed by atoms with E-state index in [-0.39, 0.29) is 5.41 Å². The molecule has 3 nitrogen and oxygen atoms in total. The lowest BCUT2D eigenvalue weighted by Crippen LogP contribution is -2.14. The quantitative estimate of drug-likeness (QED) is 0.182. The first-order valence-corrected chi connectivity index (χ1v) is 18.2. The molecule has 7 aromatic carbocycles. The van der Waals surface area contributed by atoms with E-state index in [4.69, 9.17) is 15.0 Å². The highest BCUT2D eigenvalue weighted by atomic mass is 14.9. The lowest BCUT2D eigenvalue weighted by Gasteiger charge is -2.22. The van der Waals surface area contributed by atoms with Crippen molar-refractivity contribution in [2.45, 2.75) is 19.3 Å². The van der Waals surface area contributed by atoms with Gasteiger partial charge in [0.05, 0.1) is 16.9 Å². The number of pyridine rings is 1. The molecule has 2 heterocycles. The fourth-order valence-electron chi connectivity index (χ4n) is 8.16. The normalized spacial score (nSPS) is 12.9. The van der Waals surface area contributed by atoms with Crippen LogP contribution in [0.2, 0.25) is 0 Å². The molecule has 3 heteroatoms. The van der Waals surface area contributed by atoms with Gasteiger partial charge in [0.1, 0.15) is 0 Å². The van der Waals surface area contributed by atoms with Crippen molar-refractivity contribution in [1.82, 2.24) is 15.0 Å². The van der Waals surface area contributed by atoms with Gasteiger partial charge in [-0.1, -0.05) is 153 Å². The number of nitrogens with zero attached hydrogens (tertiary/aromatic N) is 3. The average Bonchev–Trinajstić information content (AvgIpc) is 3.45. The number of para-hydroxylation sites is 1. The maximum Gasteiger partial charge on any atom is 0.160 e. The molecule has 250 valence electrons. The Hall–Kier alpha value is -6.71. The first-order valence-electron chi connectivity index (χ1n) is 18.2. The molecule has 0 atom stereocenters. The van der Waals surface area contributed by atoms with Crippen LogP contribution in [0, 0.1) is 0 Å². The van der Waals surface area contributed by atoms with Gasteiger partial charge in [0.15, 0.2) is 5.82 Å². The van der Waals surface area contributed by atoms with Gasteiger partial charge in [-0.3, -0.25) is 4.98 Å². The molecular weight excluding hydrogens is 643 g/mol. The first-order chi connectivity index (χ1) is 26.0. The van der Waals surface area contributed by atoms with Crippen molar-refractivity contribution in [3.8, 4) is 67.3 Å². The van der Waals surface area contributed by atoms with Crippen molar-refractivity contribution in [2.75, 3.05) is 0 Å². The number of hydrogen-bond acceptors (Lipinski definition) is 3. The molecule has 1 aliphatic carbocycles. The Morgan fingerprint density at radius 3 is 1.85 bits per heavy atom. The summed E-state index contributed by atoms with van der Waals surface area (Å²) < 4.78 is 0. The summed E-state index contributed by atoms with van der Waals surface area (Å²) in [6, 6.07) is 60.4. The summed E-state index contributed by atoms with van der Waals surface area (Å²) in [5.41, 5.74) is 15.7. The molecule has 53 heavy (non-hydrogen) atoms. The molecule has 10 rings (SSSR count). The first kappa shape index (κ1) is 31.1. The van der Waals surface area contributed by atoms with Crippen LogP contribution in [-0.4, -0.2) is 15.0 Å². The van der Waals surface area contributed by atoms with Gasteiger partial charge in [-0.25, -0.2) is 9.97 Å². The lowest BCUT2D eigenvalue weighted by atomic mass is 9.81. The molecule has 0 fully saturated rings. The van der Waals surface area contributed by atoms with Crippen molar-refractivity contribution in [2.24, 2.45) is 0 Å². The summed E-state index contributed by atoms with van der Waals surface area (Å²) in [5, 5.41) is 3.67. The largest absolute Gasteiger partial charge is 0.256 e. The summed E-state index contributed by atoms with van der Waals surface area (Å²) >= 11 is 0. The van der Waals surface area contributed by atoms with E-state index in [1.165, 1.54) is 44.2 Å². The summed E-state index contributed by atoms with van der Waals surface area (Å²) in [6.45, 7) is 4.70. The Balaban J connectivity index is 1.09. The SMILES string of the molecule is CC1(C)c2cc3ccccc3cc2-c2c(-c3ccc(-c4cc(-c5ccccc5-c5cnc6ccccc6c5)nc(-c5ccccc5)n4)cc3)cccc21. The predicted molar refractivity (Wildman–Crippen MR) is 220 cm³/mol. The Labute approximate surface area is 309 Å². The molecule has 0 aliphatic heterocycles. The smallest absolute Gasteiger partial charge is 0.160 e. The Bertz CT molecular complexity index is 2850. The van der Waals surface area contributed by atoms with Crippen LogP contribution in [-0.2, 0) is 5.41 Å². The van der Waals surface area contributed by atoms with Crippen molar-refractivity contribution in [1.29, 1.82) is 0 Å². The third kappa shape index (κ3) is 5.24. The van der Waals surface area contributed by atoms with Gasteiger partial charge in [-0.05, 0) is 80.0 Å². The molecule has 9 aromatic rings. The van der Waals surface area contributed by atoms with Crippen LogP contribution < -0.4 is 0 Å². The van der Waals surface area contributed by atoms with E-state index in [1.807, 2.05) is 36.5 Å². The summed E-state index contributed by atoms with van der Waals surface area (Å²) in [7, 11) is 0. The van der Waals surface area contributed by atoms with E-state index in [2.05, 4.69) is 153 Å². The molecule has 0 N–H and O–H groups in total. The van der Waals surface area contributed by atoms with Gasteiger partial charge >= 0.3 is 0 Å². The van der Waals surface area contributed by atoms with Crippen LogP contribution >= 0.6 is 0 Å². The maximum absolute atomic E-state index is 5.18. The highest BCUT2D eigenvalue weighted by Crippen LogP contribution is 2.53. The standard InChI is InChI=1S/C50H35N3/c1-50(2)43-21-12-20-40(48(43)42-28-35-15-6-7-16-36(35)29-44(42)50)32-23-25-33(26-24-32)46-30-47(53-49(52-46)34-13-4-3-5-14-34)41-19-10-9-18-39(41)38-27-37-17-8-11-22-45(37)51-31-38/h3-31H,1-2H3. The van der Waals surface area contributed by atoms with Crippen LogP contribution in [0.15, 0.2) is 176 Å². The molecule has 1 aliphatic rings. The van der Waals surface area contributed by atoms with Crippen LogP contribution in [0.5, 0.6) is 0 Å². The minimum Gasteiger partial charge on any atom is -0.256 e. The summed E-state index contributed by atoms with van der Waals surface area (Å²) in [6.07, 6.45) is 1.96. The van der Waals surface area contributed by atoms with Crippen molar-refractivity contribution >= 4 is 21.7 Å². The lowest BCUT2D eigenvalue weighted by molar-refractivity contribution is 0.661. The second-order valence-electron chi connectivity index (χ2n) is 14.5.